The summed E-state index contributed by atoms with van der Waals surface area (Å²) in [4.78, 5) is 2.46. The Morgan fingerprint density at radius 3 is 3.10 bits per heavy atom. The molecule has 0 bridgehead atoms. The molecule has 0 amide bonds. The van der Waals surface area contributed by atoms with E-state index in [2.05, 4.69) is 26.1 Å². The summed E-state index contributed by atoms with van der Waals surface area (Å²) in [5.41, 5.74) is 1.16. The molecule has 118 valence electrons. The van der Waals surface area contributed by atoms with Crippen molar-refractivity contribution in [2.24, 2.45) is 5.92 Å². The first-order valence-corrected chi connectivity index (χ1v) is 8.34. The molecule has 3 nitrogen and oxygen atoms in total. The van der Waals surface area contributed by atoms with Crippen LogP contribution in [0.2, 0.25) is 0 Å². The average Bonchev–Trinajstić information content (AvgIpc) is 2.48. The summed E-state index contributed by atoms with van der Waals surface area (Å²) >= 11 is 3.26. The highest BCUT2D eigenvalue weighted by Gasteiger charge is 2.19. The van der Waals surface area contributed by atoms with E-state index in [1.54, 1.807) is 7.11 Å². The number of halogens is 2. The summed E-state index contributed by atoms with van der Waals surface area (Å²) in [7, 11) is 1.73. The topological polar surface area (TPSA) is 24.5 Å². The SMILES string of the molecule is COCCNCC1CCCN(Cc2ccc(F)c(Br)c2)C1. The first-order valence-electron chi connectivity index (χ1n) is 7.55. The van der Waals surface area contributed by atoms with Crippen LogP contribution in [0.25, 0.3) is 0 Å². The van der Waals surface area contributed by atoms with E-state index < -0.39 is 0 Å². The van der Waals surface area contributed by atoms with E-state index in [1.807, 2.05) is 12.1 Å². The van der Waals surface area contributed by atoms with Gasteiger partial charge in [-0.15, -0.1) is 0 Å². The predicted molar refractivity (Wildman–Crippen MR) is 86.8 cm³/mol. The van der Waals surface area contributed by atoms with E-state index in [-0.39, 0.29) is 5.82 Å². The van der Waals surface area contributed by atoms with E-state index in [4.69, 9.17) is 4.74 Å². The minimum atomic E-state index is -0.197. The van der Waals surface area contributed by atoms with Crippen LogP contribution < -0.4 is 5.32 Å². The van der Waals surface area contributed by atoms with Gasteiger partial charge in [-0.2, -0.15) is 0 Å². The van der Waals surface area contributed by atoms with Crippen LogP contribution in [-0.2, 0) is 11.3 Å². The van der Waals surface area contributed by atoms with Crippen LogP contribution in [0.4, 0.5) is 4.39 Å². The second kappa shape index (κ2) is 8.83. The van der Waals surface area contributed by atoms with Gasteiger partial charge in [0, 0.05) is 26.7 Å². The fourth-order valence-corrected chi connectivity index (χ4v) is 3.26. The average molecular weight is 359 g/mol. The van der Waals surface area contributed by atoms with Crippen molar-refractivity contribution < 1.29 is 9.13 Å². The highest BCUT2D eigenvalue weighted by atomic mass is 79.9. The van der Waals surface area contributed by atoms with Crippen molar-refractivity contribution in [3.8, 4) is 0 Å². The Labute approximate surface area is 135 Å². The first kappa shape index (κ1) is 16.9. The van der Waals surface area contributed by atoms with Crippen molar-refractivity contribution in [3.63, 3.8) is 0 Å². The first-order chi connectivity index (χ1) is 10.2. The quantitative estimate of drug-likeness (QED) is 0.758. The van der Waals surface area contributed by atoms with Crippen LogP contribution >= 0.6 is 15.9 Å². The van der Waals surface area contributed by atoms with Gasteiger partial charge in [0.25, 0.3) is 0 Å². The fourth-order valence-electron chi connectivity index (χ4n) is 2.84. The molecule has 1 heterocycles. The van der Waals surface area contributed by atoms with Gasteiger partial charge < -0.3 is 10.1 Å². The summed E-state index contributed by atoms with van der Waals surface area (Å²) in [6, 6.07) is 5.30. The number of ether oxygens (including phenoxy) is 1. The molecule has 1 fully saturated rings. The van der Waals surface area contributed by atoms with E-state index >= 15 is 0 Å². The number of hydrogen-bond donors (Lipinski definition) is 1. The molecule has 1 aromatic carbocycles. The number of nitrogens with zero attached hydrogens (tertiary/aromatic N) is 1. The van der Waals surface area contributed by atoms with Crippen LogP contribution in [0.5, 0.6) is 0 Å². The maximum Gasteiger partial charge on any atom is 0.137 e. The number of rotatable bonds is 7. The van der Waals surface area contributed by atoms with Crippen LogP contribution in [-0.4, -0.2) is 44.8 Å². The molecular formula is C16H24BrFN2O. The molecule has 1 aliphatic rings. The van der Waals surface area contributed by atoms with Crippen molar-refractivity contribution >= 4 is 15.9 Å². The summed E-state index contributed by atoms with van der Waals surface area (Å²) < 4.78 is 18.9. The van der Waals surface area contributed by atoms with Crippen molar-refractivity contribution in [2.45, 2.75) is 19.4 Å². The van der Waals surface area contributed by atoms with Gasteiger partial charge in [-0.1, -0.05) is 6.07 Å². The van der Waals surface area contributed by atoms with E-state index in [0.717, 1.165) is 44.9 Å². The third kappa shape index (κ3) is 5.66. The summed E-state index contributed by atoms with van der Waals surface area (Å²) in [5.74, 6) is 0.497. The van der Waals surface area contributed by atoms with Crippen molar-refractivity contribution in [2.75, 3.05) is 39.9 Å². The number of piperidine rings is 1. The Balaban J connectivity index is 1.79. The molecule has 0 radical (unpaired) electrons. The Morgan fingerprint density at radius 1 is 1.48 bits per heavy atom. The van der Waals surface area contributed by atoms with Gasteiger partial charge in [0.05, 0.1) is 11.1 Å². The van der Waals surface area contributed by atoms with Crippen molar-refractivity contribution in [3.05, 3.63) is 34.1 Å². The second-order valence-electron chi connectivity index (χ2n) is 5.69. The number of nitrogens with one attached hydrogen (secondary N) is 1. The normalized spacial score (nSPS) is 19.9. The minimum absolute atomic E-state index is 0.197. The van der Waals surface area contributed by atoms with Gasteiger partial charge in [-0.05, 0) is 65.5 Å². The monoisotopic (exact) mass is 358 g/mol. The van der Waals surface area contributed by atoms with Crippen LogP contribution in [0, 0.1) is 11.7 Å². The van der Waals surface area contributed by atoms with Gasteiger partial charge in [-0.25, -0.2) is 4.39 Å². The smallest absolute Gasteiger partial charge is 0.137 e. The van der Waals surface area contributed by atoms with Gasteiger partial charge in [0.2, 0.25) is 0 Å². The van der Waals surface area contributed by atoms with Gasteiger partial charge in [-0.3, -0.25) is 4.90 Å². The third-order valence-electron chi connectivity index (χ3n) is 3.91. The van der Waals surface area contributed by atoms with Gasteiger partial charge >= 0.3 is 0 Å². The van der Waals surface area contributed by atoms with E-state index in [0.29, 0.717) is 10.4 Å². The zero-order valence-corrected chi connectivity index (χ0v) is 14.2. The molecule has 0 saturated carbocycles. The van der Waals surface area contributed by atoms with E-state index in [9.17, 15) is 4.39 Å². The molecule has 1 atom stereocenters. The summed E-state index contributed by atoms with van der Waals surface area (Å²) in [5, 5.41) is 3.45. The Morgan fingerprint density at radius 2 is 2.33 bits per heavy atom. The fraction of sp³-hybridized carbons (Fsp3) is 0.625. The maximum absolute atomic E-state index is 13.3. The highest BCUT2D eigenvalue weighted by molar-refractivity contribution is 9.10. The van der Waals surface area contributed by atoms with Crippen molar-refractivity contribution in [1.29, 1.82) is 0 Å². The third-order valence-corrected chi connectivity index (χ3v) is 4.52. The van der Waals surface area contributed by atoms with E-state index in [1.165, 1.54) is 18.9 Å². The van der Waals surface area contributed by atoms with Crippen LogP contribution in [0.3, 0.4) is 0 Å². The molecule has 21 heavy (non-hydrogen) atoms. The molecule has 1 aliphatic heterocycles. The standard InChI is InChI=1S/C16H24BrFN2O/c1-21-8-6-19-10-14-3-2-7-20(12-14)11-13-4-5-16(18)15(17)9-13/h4-5,9,14,19H,2-3,6-8,10-12H2,1H3. The lowest BCUT2D eigenvalue weighted by atomic mass is 9.97. The van der Waals surface area contributed by atoms with Crippen LogP contribution in [0.1, 0.15) is 18.4 Å². The minimum Gasteiger partial charge on any atom is -0.383 e. The summed E-state index contributed by atoms with van der Waals surface area (Å²) in [6.07, 6.45) is 2.52. The maximum atomic E-state index is 13.3. The molecule has 1 aromatic rings. The zero-order valence-electron chi connectivity index (χ0n) is 12.6. The number of likely N-dealkylation sites (tertiary alicyclic amines) is 1. The number of benzene rings is 1. The Bertz CT molecular complexity index is 444. The molecule has 0 spiro atoms. The largest absolute Gasteiger partial charge is 0.383 e. The lowest BCUT2D eigenvalue weighted by Gasteiger charge is -2.33. The van der Waals surface area contributed by atoms with Gasteiger partial charge in [0.15, 0.2) is 0 Å². The second-order valence-corrected chi connectivity index (χ2v) is 6.54. The lowest BCUT2D eigenvalue weighted by Crippen LogP contribution is -2.39. The van der Waals surface area contributed by atoms with Crippen LogP contribution in [0.15, 0.2) is 22.7 Å². The molecule has 0 aliphatic carbocycles. The molecule has 1 saturated heterocycles. The molecule has 0 aromatic heterocycles. The Kier molecular flexibility index (Phi) is 7.10. The number of methoxy groups -OCH3 is 1. The highest BCUT2D eigenvalue weighted by Crippen LogP contribution is 2.21. The lowest BCUT2D eigenvalue weighted by molar-refractivity contribution is 0.159. The number of hydrogen-bond acceptors (Lipinski definition) is 3. The predicted octanol–water partition coefficient (Wildman–Crippen LogP) is 3.04. The molecule has 2 rings (SSSR count). The molecule has 5 heteroatoms. The Hall–Kier alpha value is -0.490. The molecular weight excluding hydrogens is 335 g/mol. The zero-order chi connectivity index (χ0) is 15.1. The van der Waals surface area contributed by atoms with Gasteiger partial charge in [0.1, 0.15) is 5.82 Å². The molecule has 1 unspecified atom stereocenters. The summed E-state index contributed by atoms with van der Waals surface area (Å²) in [6.45, 7) is 5.86. The molecule has 1 N–H and O–H groups in total. The van der Waals surface area contributed by atoms with Crippen molar-refractivity contribution in [1.82, 2.24) is 10.2 Å².